The molecule has 4 nitrogen and oxygen atoms in total. The van der Waals surface area contributed by atoms with Gasteiger partial charge in [0.05, 0.1) is 13.2 Å². The molecule has 0 spiro atoms. The van der Waals surface area contributed by atoms with Crippen LogP contribution in [0.5, 0.6) is 0 Å². The van der Waals surface area contributed by atoms with Crippen LogP contribution in [0.1, 0.15) is 19.4 Å². The molecule has 3 atom stereocenters. The monoisotopic (exact) mass is 268 g/mol. The maximum Gasteiger partial charge on any atom is 0.161 e. The quantitative estimate of drug-likeness (QED) is 0.838. The topological polar surface area (TPSA) is 44.8 Å². The fourth-order valence-corrected chi connectivity index (χ4v) is 1.96. The van der Waals surface area contributed by atoms with Gasteiger partial charge in [-0.1, -0.05) is 18.2 Å². The molecule has 0 aliphatic carbocycles. The second-order valence-corrected chi connectivity index (χ2v) is 4.51. The smallest absolute Gasteiger partial charge is 0.161 e. The Morgan fingerprint density at radius 3 is 2.89 bits per heavy atom. The number of hydrogen-bond acceptors (Lipinski definition) is 4. The largest absolute Gasteiger partial charge is 0.368 e. The van der Waals surface area contributed by atoms with Gasteiger partial charge in [-0.2, -0.15) is 0 Å². The Kier molecular flexibility index (Phi) is 4.63. The van der Waals surface area contributed by atoms with Gasteiger partial charge < -0.3 is 14.2 Å². The summed E-state index contributed by atoms with van der Waals surface area (Å²) in [5.74, 6) is -0.443. The van der Waals surface area contributed by atoms with E-state index in [1.807, 2.05) is 0 Å². The highest BCUT2D eigenvalue weighted by Crippen LogP contribution is 2.18. The summed E-state index contributed by atoms with van der Waals surface area (Å²) in [4.78, 5) is 11.5. The van der Waals surface area contributed by atoms with Crippen LogP contribution in [-0.2, 0) is 25.6 Å². The average Bonchev–Trinajstić information content (AvgIpc) is 2.38. The minimum Gasteiger partial charge on any atom is -0.368 e. The summed E-state index contributed by atoms with van der Waals surface area (Å²) >= 11 is 0. The summed E-state index contributed by atoms with van der Waals surface area (Å²) in [6, 6.07) is 6.37. The molecule has 2 rings (SSSR count). The highest BCUT2D eigenvalue weighted by atomic mass is 19.1. The van der Waals surface area contributed by atoms with Crippen LogP contribution in [0.2, 0.25) is 0 Å². The molecule has 1 aliphatic rings. The van der Waals surface area contributed by atoms with E-state index in [0.717, 1.165) is 0 Å². The predicted octanol–water partition coefficient (Wildman–Crippen LogP) is 2.06. The van der Waals surface area contributed by atoms with Gasteiger partial charge in [-0.15, -0.1) is 0 Å². The normalized spacial score (nSPS) is 27.2. The molecule has 0 amide bonds. The lowest BCUT2D eigenvalue weighted by Gasteiger charge is -2.33. The van der Waals surface area contributed by atoms with Crippen molar-refractivity contribution in [2.45, 2.75) is 39.0 Å². The molecule has 0 saturated carbocycles. The van der Waals surface area contributed by atoms with Crippen molar-refractivity contribution in [2.75, 3.05) is 6.61 Å². The molecule has 0 aromatic heterocycles. The molecule has 1 saturated heterocycles. The first-order valence-electron chi connectivity index (χ1n) is 6.20. The van der Waals surface area contributed by atoms with Crippen molar-refractivity contribution in [3.05, 3.63) is 35.6 Å². The van der Waals surface area contributed by atoms with Crippen molar-refractivity contribution >= 4 is 5.78 Å². The van der Waals surface area contributed by atoms with E-state index in [2.05, 4.69) is 0 Å². The fraction of sp³-hybridized carbons (Fsp3) is 0.500. The lowest BCUT2D eigenvalue weighted by Crippen LogP contribution is -2.47. The van der Waals surface area contributed by atoms with Gasteiger partial charge in [-0.25, -0.2) is 4.39 Å². The molecule has 0 unspecified atom stereocenters. The van der Waals surface area contributed by atoms with Crippen LogP contribution in [0.15, 0.2) is 24.3 Å². The van der Waals surface area contributed by atoms with Crippen molar-refractivity contribution in [1.29, 1.82) is 0 Å². The standard InChI is InChI=1S/C14H17FO4/c1-9(16)14-13(8-17-10(2)19-14)18-7-11-5-3-4-6-12(11)15/h3-6,10,13-14H,7-8H2,1-2H3/t10-,13+,14+/m0/s1. The van der Waals surface area contributed by atoms with Crippen molar-refractivity contribution in [1.82, 2.24) is 0 Å². The number of ether oxygens (including phenoxy) is 3. The number of hydrogen-bond donors (Lipinski definition) is 0. The molecular weight excluding hydrogens is 251 g/mol. The van der Waals surface area contributed by atoms with Crippen LogP contribution in [0.4, 0.5) is 4.39 Å². The first-order valence-corrected chi connectivity index (χ1v) is 6.20. The van der Waals surface area contributed by atoms with Gasteiger partial charge in [0, 0.05) is 5.56 Å². The molecule has 1 fully saturated rings. The van der Waals surface area contributed by atoms with E-state index in [1.54, 1.807) is 25.1 Å². The molecular formula is C14H17FO4. The molecule has 1 aromatic rings. The number of rotatable bonds is 4. The van der Waals surface area contributed by atoms with Crippen molar-refractivity contribution in [3.8, 4) is 0 Å². The summed E-state index contributed by atoms with van der Waals surface area (Å²) in [5.41, 5.74) is 0.448. The van der Waals surface area contributed by atoms with E-state index in [1.165, 1.54) is 13.0 Å². The number of benzene rings is 1. The zero-order valence-corrected chi connectivity index (χ0v) is 11.0. The summed E-state index contributed by atoms with van der Waals surface area (Å²) in [7, 11) is 0. The zero-order valence-electron chi connectivity index (χ0n) is 11.0. The Balaban J connectivity index is 1.98. The molecule has 0 N–H and O–H groups in total. The third-order valence-corrected chi connectivity index (χ3v) is 2.98. The van der Waals surface area contributed by atoms with E-state index in [9.17, 15) is 9.18 Å². The van der Waals surface area contributed by atoms with Crippen LogP contribution in [0.25, 0.3) is 0 Å². The van der Waals surface area contributed by atoms with Crippen molar-refractivity contribution < 1.29 is 23.4 Å². The van der Waals surface area contributed by atoms with Gasteiger partial charge >= 0.3 is 0 Å². The average molecular weight is 268 g/mol. The number of Topliss-reactive ketones (excluding diaryl/α,β-unsaturated/α-hetero) is 1. The maximum absolute atomic E-state index is 13.5. The molecule has 1 heterocycles. The van der Waals surface area contributed by atoms with Gasteiger partial charge in [0.1, 0.15) is 18.0 Å². The second-order valence-electron chi connectivity index (χ2n) is 4.51. The van der Waals surface area contributed by atoms with Gasteiger partial charge in [-0.3, -0.25) is 4.79 Å². The zero-order chi connectivity index (χ0) is 13.8. The third-order valence-electron chi connectivity index (χ3n) is 2.98. The molecule has 1 aliphatic heterocycles. The Bertz CT molecular complexity index is 449. The Morgan fingerprint density at radius 2 is 2.21 bits per heavy atom. The SMILES string of the molecule is CC(=O)[C@H]1O[C@@H](C)OC[C@H]1OCc1ccccc1F. The van der Waals surface area contributed by atoms with E-state index in [4.69, 9.17) is 14.2 Å². The Hall–Kier alpha value is -1.30. The molecule has 0 radical (unpaired) electrons. The predicted molar refractivity (Wildman–Crippen MR) is 65.9 cm³/mol. The first-order chi connectivity index (χ1) is 9.08. The van der Waals surface area contributed by atoms with Crippen LogP contribution >= 0.6 is 0 Å². The number of ketones is 1. The lowest BCUT2D eigenvalue weighted by atomic mass is 10.1. The highest BCUT2D eigenvalue weighted by molar-refractivity contribution is 5.81. The van der Waals surface area contributed by atoms with Crippen LogP contribution in [-0.4, -0.2) is 30.9 Å². The Labute approximate surface area is 111 Å². The minimum atomic E-state index is -0.657. The maximum atomic E-state index is 13.5. The number of halogens is 1. The fourth-order valence-electron chi connectivity index (χ4n) is 1.96. The highest BCUT2D eigenvalue weighted by Gasteiger charge is 2.34. The summed E-state index contributed by atoms with van der Waals surface area (Å²) in [5, 5.41) is 0. The molecule has 19 heavy (non-hydrogen) atoms. The molecule has 104 valence electrons. The molecule has 1 aromatic carbocycles. The van der Waals surface area contributed by atoms with E-state index in [-0.39, 0.29) is 24.8 Å². The summed E-state index contributed by atoms with van der Waals surface area (Å²) in [6.07, 6.45) is -1.59. The second kappa shape index (κ2) is 6.23. The van der Waals surface area contributed by atoms with Crippen molar-refractivity contribution in [2.24, 2.45) is 0 Å². The van der Waals surface area contributed by atoms with Gasteiger partial charge in [0.15, 0.2) is 12.1 Å². The van der Waals surface area contributed by atoms with Gasteiger partial charge in [0.2, 0.25) is 0 Å². The van der Waals surface area contributed by atoms with E-state index >= 15 is 0 Å². The summed E-state index contributed by atoms with van der Waals surface area (Å²) in [6.45, 7) is 3.52. The Morgan fingerprint density at radius 1 is 1.47 bits per heavy atom. The number of carbonyl (C=O) groups is 1. The minimum absolute atomic E-state index is 0.0855. The van der Waals surface area contributed by atoms with Crippen LogP contribution in [0.3, 0.4) is 0 Å². The first kappa shape index (κ1) is 14.1. The van der Waals surface area contributed by atoms with Crippen LogP contribution in [0, 0.1) is 5.82 Å². The van der Waals surface area contributed by atoms with Gasteiger partial charge in [-0.05, 0) is 19.9 Å². The third kappa shape index (κ3) is 3.59. The van der Waals surface area contributed by atoms with Crippen LogP contribution < -0.4 is 0 Å². The van der Waals surface area contributed by atoms with Crippen molar-refractivity contribution in [3.63, 3.8) is 0 Å². The van der Waals surface area contributed by atoms with E-state index in [0.29, 0.717) is 5.56 Å². The number of carbonyl (C=O) groups excluding carboxylic acids is 1. The molecule has 5 heteroatoms. The van der Waals surface area contributed by atoms with Gasteiger partial charge in [0.25, 0.3) is 0 Å². The lowest BCUT2D eigenvalue weighted by molar-refractivity contribution is -0.249. The van der Waals surface area contributed by atoms with E-state index < -0.39 is 18.5 Å². The summed E-state index contributed by atoms with van der Waals surface area (Å²) < 4.78 is 29.7. The molecule has 0 bridgehead atoms.